The Morgan fingerprint density at radius 2 is 2.27 bits per heavy atom. The van der Waals surface area contributed by atoms with Gasteiger partial charge in [0.25, 0.3) is 0 Å². The van der Waals surface area contributed by atoms with Gasteiger partial charge in [0.1, 0.15) is 0 Å². The largest absolute Gasteiger partial charge is 0.305 e. The Kier molecular flexibility index (Phi) is 3.96. The molecule has 0 aliphatic rings. The second kappa shape index (κ2) is 5.02. The van der Waals surface area contributed by atoms with E-state index in [4.69, 9.17) is 0 Å². The van der Waals surface area contributed by atoms with Crippen LogP contribution in [0.1, 0.15) is 12.5 Å². The van der Waals surface area contributed by atoms with Gasteiger partial charge in [0.15, 0.2) is 0 Å². The molecule has 0 spiro atoms. The molecule has 3 nitrogen and oxygen atoms in total. The summed E-state index contributed by atoms with van der Waals surface area (Å²) in [7, 11) is 0. The third-order valence-electron chi connectivity index (χ3n) is 1.72. The number of rotatable bonds is 3. The monoisotopic (exact) mass is 273 g/mol. The van der Waals surface area contributed by atoms with Crippen LogP contribution in [0.25, 0.3) is 6.08 Å². The number of nitrogens with zero attached hydrogens (tertiary/aromatic N) is 1. The summed E-state index contributed by atoms with van der Waals surface area (Å²) in [6.07, 6.45) is 3.52. The van der Waals surface area contributed by atoms with Crippen molar-refractivity contribution in [3.8, 4) is 0 Å². The fraction of sp³-hybridized carbons (Fsp3) is 0.200. The van der Waals surface area contributed by atoms with Crippen LogP contribution in [-0.2, 0) is 0 Å². The molecule has 0 amide bonds. The van der Waals surface area contributed by atoms with Gasteiger partial charge in [-0.15, -0.1) is 0 Å². The van der Waals surface area contributed by atoms with Gasteiger partial charge in [-0.25, -0.2) is 0 Å². The Bertz CT molecular complexity index is 404. The maximum Gasteiger partial charge on any atom is 0.305 e. The molecule has 1 aromatic rings. The molecular weight excluding hydrogens is 265 g/mol. The van der Waals surface area contributed by atoms with Crippen LogP contribution in [0.4, 0.5) is 10.1 Å². The maximum atomic E-state index is 12.9. The molecule has 0 saturated heterocycles. The van der Waals surface area contributed by atoms with E-state index in [9.17, 15) is 14.5 Å². The lowest BCUT2D eigenvalue weighted by molar-refractivity contribution is -0.387. The van der Waals surface area contributed by atoms with Gasteiger partial charge in [0.2, 0.25) is 5.82 Å². The number of hydrogen-bond acceptors (Lipinski definition) is 2. The summed E-state index contributed by atoms with van der Waals surface area (Å²) in [4.78, 5) is 9.88. The minimum absolute atomic E-state index is 0.168. The van der Waals surface area contributed by atoms with Gasteiger partial charge < -0.3 is 0 Å². The molecule has 1 aromatic carbocycles. The van der Waals surface area contributed by atoms with E-state index < -0.39 is 16.4 Å². The molecule has 0 aliphatic carbocycles. The first-order valence-electron chi connectivity index (χ1n) is 4.27. The molecule has 0 N–H and O–H groups in total. The van der Waals surface area contributed by atoms with Crippen molar-refractivity contribution in [2.75, 3.05) is 0 Å². The minimum atomic E-state index is -0.816. The first-order chi connectivity index (χ1) is 7.00. The van der Waals surface area contributed by atoms with Crippen molar-refractivity contribution >= 4 is 27.7 Å². The Hall–Kier alpha value is -1.23. The van der Waals surface area contributed by atoms with Crippen LogP contribution in [-0.4, -0.2) is 9.75 Å². The first-order valence-corrected chi connectivity index (χ1v) is 5.18. The van der Waals surface area contributed by atoms with Gasteiger partial charge in [0.05, 0.1) is 4.92 Å². The van der Waals surface area contributed by atoms with Crippen LogP contribution >= 0.6 is 15.9 Å². The summed E-state index contributed by atoms with van der Waals surface area (Å²) in [5.41, 5.74) is 0.105. The maximum absolute atomic E-state index is 12.9. The normalized spacial score (nSPS) is 13.0. The number of alkyl halides is 1. The zero-order valence-corrected chi connectivity index (χ0v) is 9.57. The van der Waals surface area contributed by atoms with Gasteiger partial charge in [-0.05, 0) is 18.6 Å². The van der Waals surface area contributed by atoms with Crippen LogP contribution in [0.5, 0.6) is 0 Å². The van der Waals surface area contributed by atoms with Gasteiger partial charge in [-0.1, -0.05) is 34.1 Å². The highest BCUT2D eigenvalue weighted by Crippen LogP contribution is 2.19. The van der Waals surface area contributed by atoms with E-state index in [0.29, 0.717) is 5.56 Å². The second-order valence-electron chi connectivity index (χ2n) is 3.00. The molecule has 0 aliphatic heterocycles. The van der Waals surface area contributed by atoms with Crippen LogP contribution in [0.15, 0.2) is 24.3 Å². The standard InChI is InChI=1S/C10H9BrFNO2/c1-7(11)2-3-8-4-5-9(12)10(6-8)13(14)15/h2-7H,1H3/b3-2+. The summed E-state index contributed by atoms with van der Waals surface area (Å²) >= 11 is 3.30. The van der Waals surface area contributed by atoms with E-state index >= 15 is 0 Å². The van der Waals surface area contributed by atoms with Crippen LogP contribution in [0.3, 0.4) is 0 Å². The Morgan fingerprint density at radius 3 is 2.80 bits per heavy atom. The quantitative estimate of drug-likeness (QED) is 0.480. The molecule has 0 bridgehead atoms. The molecule has 1 unspecified atom stereocenters. The second-order valence-corrected chi connectivity index (χ2v) is 4.45. The smallest absolute Gasteiger partial charge is 0.258 e. The van der Waals surface area contributed by atoms with Gasteiger partial charge in [-0.2, -0.15) is 4.39 Å². The van der Waals surface area contributed by atoms with Crippen molar-refractivity contribution in [2.45, 2.75) is 11.8 Å². The van der Waals surface area contributed by atoms with Crippen molar-refractivity contribution in [1.29, 1.82) is 0 Å². The highest BCUT2D eigenvalue weighted by atomic mass is 79.9. The molecule has 15 heavy (non-hydrogen) atoms. The van der Waals surface area contributed by atoms with Crippen molar-refractivity contribution in [3.63, 3.8) is 0 Å². The van der Waals surface area contributed by atoms with Crippen molar-refractivity contribution in [2.24, 2.45) is 0 Å². The Labute approximate surface area is 94.9 Å². The zero-order valence-electron chi connectivity index (χ0n) is 7.98. The zero-order chi connectivity index (χ0) is 11.4. The van der Waals surface area contributed by atoms with Crippen LogP contribution in [0, 0.1) is 15.9 Å². The lowest BCUT2D eigenvalue weighted by Gasteiger charge is -1.97. The molecule has 0 heterocycles. The summed E-state index contributed by atoms with van der Waals surface area (Å²) < 4.78 is 12.9. The molecule has 1 rings (SSSR count). The number of nitro benzene ring substituents is 1. The third-order valence-corrected chi connectivity index (χ3v) is 2.03. The average molecular weight is 274 g/mol. The molecule has 5 heteroatoms. The highest BCUT2D eigenvalue weighted by molar-refractivity contribution is 9.09. The summed E-state index contributed by atoms with van der Waals surface area (Å²) in [6.45, 7) is 1.91. The molecule has 1 atom stereocenters. The van der Waals surface area contributed by atoms with Crippen molar-refractivity contribution < 1.29 is 9.31 Å². The lowest BCUT2D eigenvalue weighted by atomic mass is 10.2. The third kappa shape index (κ3) is 3.43. The summed E-state index contributed by atoms with van der Waals surface area (Å²) in [5, 5.41) is 10.4. The number of nitro groups is 1. The minimum Gasteiger partial charge on any atom is -0.258 e. The number of allylic oxidation sites excluding steroid dienone is 1. The van der Waals surface area contributed by atoms with Gasteiger partial charge >= 0.3 is 5.69 Å². The van der Waals surface area contributed by atoms with E-state index in [0.717, 1.165) is 6.07 Å². The number of hydrogen-bond donors (Lipinski definition) is 0. The van der Waals surface area contributed by atoms with Crippen molar-refractivity contribution in [3.05, 3.63) is 45.8 Å². The Balaban J connectivity index is 3.03. The predicted molar refractivity (Wildman–Crippen MR) is 60.5 cm³/mol. The van der Waals surface area contributed by atoms with Crippen LogP contribution in [0.2, 0.25) is 0 Å². The molecule has 0 radical (unpaired) electrons. The van der Waals surface area contributed by atoms with E-state index in [-0.39, 0.29) is 4.83 Å². The lowest BCUT2D eigenvalue weighted by Crippen LogP contribution is -1.92. The number of halogens is 2. The molecule has 0 aromatic heterocycles. The molecule has 80 valence electrons. The van der Waals surface area contributed by atoms with Gasteiger partial charge in [0, 0.05) is 10.9 Å². The Morgan fingerprint density at radius 1 is 1.60 bits per heavy atom. The SMILES string of the molecule is CC(Br)/C=C/c1ccc(F)c([N+](=O)[O-])c1. The fourth-order valence-electron chi connectivity index (χ4n) is 1.02. The van der Waals surface area contributed by atoms with Crippen molar-refractivity contribution in [1.82, 2.24) is 0 Å². The highest BCUT2D eigenvalue weighted by Gasteiger charge is 2.13. The predicted octanol–water partition coefficient (Wildman–Crippen LogP) is 3.53. The van der Waals surface area contributed by atoms with Gasteiger partial charge in [-0.3, -0.25) is 10.1 Å². The topological polar surface area (TPSA) is 43.1 Å². The molecule has 0 saturated carbocycles. The summed E-state index contributed by atoms with van der Waals surface area (Å²) in [6, 6.07) is 3.80. The van der Waals surface area contributed by atoms with E-state index in [2.05, 4.69) is 15.9 Å². The van der Waals surface area contributed by atoms with E-state index in [1.807, 2.05) is 13.0 Å². The molecule has 0 fully saturated rings. The fourth-order valence-corrected chi connectivity index (χ4v) is 1.17. The first kappa shape index (κ1) is 11.8. The molecular formula is C10H9BrFNO2. The summed E-state index contributed by atoms with van der Waals surface area (Å²) in [5.74, 6) is -0.816. The number of benzene rings is 1. The van der Waals surface area contributed by atoms with E-state index in [1.54, 1.807) is 6.08 Å². The van der Waals surface area contributed by atoms with E-state index in [1.165, 1.54) is 12.1 Å². The van der Waals surface area contributed by atoms with Crippen LogP contribution < -0.4 is 0 Å². The average Bonchev–Trinajstić information content (AvgIpc) is 2.16.